The van der Waals surface area contributed by atoms with Crippen LogP contribution in [0.3, 0.4) is 0 Å². The minimum atomic E-state index is -0.104. The molecule has 4 nitrogen and oxygen atoms in total. The highest BCUT2D eigenvalue weighted by Gasteiger charge is 2.24. The van der Waals surface area contributed by atoms with E-state index in [1.165, 1.54) is 0 Å². The number of aromatic hydroxyl groups is 1. The molecule has 5 heteroatoms. The molecule has 92 valence electrons. The van der Waals surface area contributed by atoms with Crippen molar-refractivity contribution in [2.75, 3.05) is 30.0 Å². The zero-order valence-corrected chi connectivity index (χ0v) is 10.5. The normalized spacial score (nSPS) is 19.9. The zero-order chi connectivity index (χ0) is 12.3. The Morgan fingerprint density at radius 1 is 1.47 bits per heavy atom. The van der Waals surface area contributed by atoms with Gasteiger partial charge in [0.15, 0.2) is 0 Å². The third-order valence-corrected chi connectivity index (χ3v) is 3.85. The first-order chi connectivity index (χ1) is 8.18. The highest BCUT2D eigenvalue weighted by Crippen LogP contribution is 2.19. The molecule has 0 radical (unpaired) electrons. The topological polar surface area (TPSA) is 52.6 Å². The molecule has 2 N–H and O–H groups in total. The van der Waals surface area contributed by atoms with Gasteiger partial charge in [-0.15, -0.1) is 0 Å². The Morgan fingerprint density at radius 3 is 2.76 bits per heavy atom. The van der Waals surface area contributed by atoms with Crippen LogP contribution < -0.4 is 10.2 Å². The van der Waals surface area contributed by atoms with Gasteiger partial charge in [-0.3, -0.25) is 4.79 Å². The fourth-order valence-electron chi connectivity index (χ4n) is 1.76. The molecule has 2 rings (SSSR count). The summed E-state index contributed by atoms with van der Waals surface area (Å²) in [6.45, 7) is 0.879. The lowest BCUT2D eigenvalue weighted by molar-refractivity contribution is -0.119. The van der Waals surface area contributed by atoms with Crippen LogP contribution in [0.4, 0.5) is 5.69 Å². The molecule has 0 bridgehead atoms. The number of phenolic OH excluding ortho intramolecular Hbond substituents is 1. The Hall–Kier alpha value is -1.20. The summed E-state index contributed by atoms with van der Waals surface area (Å²) in [7, 11) is 1.76. The summed E-state index contributed by atoms with van der Waals surface area (Å²) in [6, 6.07) is 6.55. The van der Waals surface area contributed by atoms with Gasteiger partial charge in [-0.25, -0.2) is 0 Å². The number of nitrogens with zero attached hydrogens (tertiary/aromatic N) is 1. The SMILES string of the molecule is CN(C(=O)C1CSCCN1)c1ccc(O)cc1. The first kappa shape index (κ1) is 12.3. The van der Waals surface area contributed by atoms with E-state index in [1.54, 1.807) is 48.0 Å². The third kappa shape index (κ3) is 2.92. The second-order valence-electron chi connectivity index (χ2n) is 4.00. The van der Waals surface area contributed by atoms with E-state index in [4.69, 9.17) is 0 Å². The van der Waals surface area contributed by atoms with Crippen LogP contribution in [0.5, 0.6) is 5.75 Å². The maximum Gasteiger partial charge on any atom is 0.244 e. The van der Waals surface area contributed by atoms with E-state index in [9.17, 15) is 9.90 Å². The molecule has 17 heavy (non-hydrogen) atoms. The molecular formula is C12H16N2O2S. The van der Waals surface area contributed by atoms with Gasteiger partial charge in [0.2, 0.25) is 5.91 Å². The van der Waals surface area contributed by atoms with Crippen molar-refractivity contribution in [3.8, 4) is 5.75 Å². The van der Waals surface area contributed by atoms with Gasteiger partial charge in [0.05, 0.1) is 6.04 Å². The maximum absolute atomic E-state index is 12.2. The number of rotatable bonds is 2. The average molecular weight is 252 g/mol. The standard InChI is InChI=1S/C12H16N2O2S/c1-14(9-2-4-10(15)5-3-9)12(16)11-8-17-7-6-13-11/h2-5,11,13,15H,6-8H2,1H3. The van der Waals surface area contributed by atoms with Crippen LogP contribution in [-0.2, 0) is 4.79 Å². The molecule has 0 aliphatic carbocycles. The number of likely N-dealkylation sites (N-methyl/N-ethyl adjacent to an activating group) is 1. The van der Waals surface area contributed by atoms with E-state index in [0.29, 0.717) is 0 Å². The van der Waals surface area contributed by atoms with Crippen molar-refractivity contribution in [1.82, 2.24) is 5.32 Å². The number of nitrogens with one attached hydrogen (secondary N) is 1. The molecule has 1 aliphatic rings. The Bertz CT molecular complexity index is 388. The van der Waals surface area contributed by atoms with E-state index in [2.05, 4.69) is 5.32 Å². The molecular weight excluding hydrogens is 236 g/mol. The Labute approximate surface area is 105 Å². The van der Waals surface area contributed by atoms with Gasteiger partial charge in [-0.2, -0.15) is 11.8 Å². The summed E-state index contributed by atoms with van der Waals surface area (Å²) < 4.78 is 0. The second kappa shape index (κ2) is 5.42. The largest absolute Gasteiger partial charge is 0.508 e. The average Bonchev–Trinajstić information content (AvgIpc) is 2.39. The number of carbonyl (C=O) groups excluding carboxylic acids is 1. The van der Waals surface area contributed by atoms with Crippen LogP contribution in [0.2, 0.25) is 0 Å². The number of anilines is 1. The van der Waals surface area contributed by atoms with Gasteiger partial charge in [0.1, 0.15) is 5.75 Å². The van der Waals surface area contributed by atoms with Crippen molar-refractivity contribution in [2.24, 2.45) is 0 Å². The highest BCUT2D eigenvalue weighted by atomic mass is 32.2. The minimum Gasteiger partial charge on any atom is -0.508 e. The molecule has 1 heterocycles. The summed E-state index contributed by atoms with van der Waals surface area (Å²) >= 11 is 1.80. The van der Waals surface area contributed by atoms with Gasteiger partial charge >= 0.3 is 0 Å². The Kier molecular flexibility index (Phi) is 3.91. The molecule has 1 aromatic rings. The van der Waals surface area contributed by atoms with Crippen molar-refractivity contribution in [1.29, 1.82) is 0 Å². The lowest BCUT2D eigenvalue weighted by Crippen LogP contribution is -2.49. The molecule has 0 aromatic heterocycles. The lowest BCUT2D eigenvalue weighted by atomic mass is 10.2. The van der Waals surface area contributed by atoms with Gasteiger partial charge in [0, 0.05) is 30.8 Å². The van der Waals surface area contributed by atoms with Crippen LogP contribution in [0.25, 0.3) is 0 Å². The number of phenols is 1. The first-order valence-corrected chi connectivity index (χ1v) is 6.71. The quantitative estimate of drug-likeness (QED) is 0.826. The van der Waals surface area contributed by atoms with Crippen molar-refractivity contribution >= 4 is 23.4 Å². The predicted octanol–water partition coefficient (Wildman–Crippen LogP) is 1.06. The third-order valence-electron chi connectivity index (χ3n) is 2.79. The molecule has 1 fully saturated rings. The maximum atomic E-state index is 12.2. The lowest BCUT2D eigenvalue weighted by Gasteiger charge is -2.27. The van der Waals surface area contributed by atoms with E-state index in [-0.39, 0.29) is 17.7 Å². The number of carbonyl (C=O) groups is 1. The second-order valence-corrected chi connectivity index (χ2v) is 5.15. The summed E-state index contributed by atoms with van der Waals surface area (Å²) in [5.74, 6) is 2.16. The number of hydrogen-bond acceptors (Lipinski definition) is 4. The van der Waals surface area contributed by atoms with Crippen LogP contribution in [-0.4, -0.2) is 42.2 Å². The summed E-state index contributed by atoms with van der Waals surface area (Å²) in [5.41, 5.74) is 0.796. The van der Waals surface area contributed by atoms with Crippen LogP contribution in [0.15, 0.2) is 24.3 Å². The molecule has 0 saturated carbocycles. The molecule has 1 aliphatic heterocycles. The van der Waals surface area contributed by atoms with Crippen LogP contribution >= 0.6 is 11.8 Å². The summed E-state index contributed by atoms with van der Waals surface area (Å²) in [6.07, 6.45) is 0. The Balaban J connectivity index is 2.05. The van der Waals surface area contributed by atoms with E-state index in [0.717, 1.165) is 23.7 Å². The van der Waals surface area contributed by atoms with Crippen molar-refractivity contribution < 1.29 is 9.90 Å². The fraction of sp³-hybridized carbons (Fsp3) is 0.417. The molecule has 0 spiro atoms. The molecule has 1 amide bonds. The van der Waals surface area contributed by atoms with Gasteiger partial charge < -0.3 is 15.3 Å². The van der Waals surface area contributed by atoms with E-state index in [1.807, 2.05) is 0 Å². The number of amides is 1. The number of benzene rings is 1. The van der Waals surface area contributed by atoms with E-state index < -0.39 is 0 Å². The van der Waals surface area contributed by atoms with Crippen molar-refractivity contribution in [2.45, 2.75) is 6.04 Å². The van der Waals surface area contributed by atoms with Gasteiger partial charge in [-0.1, -0.05) is 0 Å². The first-order valence-electron chi connectivity index (χ1n) is 5.56. The molecule has 1 atom stereocenters. The van der Waals surface area contributed by atoms with Crippen LogP contribution in [0.1, 0.15) is 0 Å². The smallest absolute Gasteiger partial charge is 0.244 e. The number of thioether (sulfide) groups is 1. The summed E-state index contributed by atoms with van der Waals surface area (Å²) in [5, 5.41) is 12.4. The zero-order valence-electron chi connectivity index (χ0n) is 9.72. The minimum absolute atomic E-state index is 0.0721. The summed E-state index contributed by atoms with van der Waals surface area (Å²) in [4.78, 5) is 13.8. The van der Waals surface area contributed by atoms with Crippen molar-refractivity contribution in [3.63, 3.8) is 0 Å². The monoisotopic (exact) mass is 252 g/mol. The van der Waals surface area contributed by atoms with Crippen LogP contribution in [0, 0.1) is 0 Å². The van der Waals surface area contributed by atoms with Gasteiger partial charge in [-0.05, 0) is 24.3 Å². The molecule has 1 aromatic carbocycles. The highest BCUT2D eigenvalue weighted by molar-refractivity contribution is 7.99. The number of hydrogen-bond donors (Lipinski definition) is 2. The van der Waals surface area contributed by atoms with E-state index >= 15 is 0 Å². The fourth-order valence-corrected chi connectivity index (χ4v) is 2.69. The predicted molar refractivity (Wildman–Crippen MR) is 70.6 cm³/mol. The molecule has 1 unspecified atom stereocenters. The Morgan fingerprint density at radius 2 is 2.18 bits per heavy atom. The molecule has 1 saturated heterocycles. The van der Waals surface area contributed by atoms with Gasteiger partial charge in [0.25, 0.3) is 0 Å². The van der Waals surface area contributed by atoms with Crippen molar-refractivity contribution in [3.05, 3.63) is 24.3 Å².